The molecule has 2 heterocycles. The van der Waals surface area contributed by atoms with Crippen LogP contribution in [0.5, 0.6) is 0 Å². The summed E-state index contributed by atoms with van der Waals surface area (Å²) in [5.74, 6) is 0.590. The van der Waals surface area contributed by atoms with Gasteiger partial charge >= 0.3 is 0 Å². The van der Waals surface area contributed by atoms with E-state index >= 15 is 0 Å². The fraction of sp³-hybridized carbons (Fsp3) is 0.214. The van der Waals surface area contributed by atoms with Crippen LogP contribution in [0.4, 0.5) is 5.95 Å². The smallest absolute Gasteiger partial charge is 0.201 e. The first-order valence-corrected chi connectivity index (χ1v) is 8.11. The summed E-state index contributed by atoms with van der Waals surface area (Å²) in [5.41, 5.74) is 9.54. The number of hydrogen-bond donors (Lipinski definition) is 1. The number of anilines is 1. The van der Waals surface area contributed by atoms with Crippen molar-refractivity contribution in [2.24, 2.45) is 0 Å². The quantitative estimate of drug-likeness (QED) is 0.698. The van der Waals surface area contributed by atoms with Crippen LogP contribution in [0, 0.1) is 3.57 Å². The molecule has 0 bridgehead atoms. The van der Waals surface area contributed by atoms with Gasteiger partial charge < -0.3 is 10.3 Å². The summed E-state index contributed by atoms with van der Waals surface area (Å²) in [6, 6.07) is 8.45. The predicted molar refractivity (Wildman–Crippen MR) is 89.7 cm³/mol. The Morgan fingerprint density at radius 3 is 3.00 bits per heavy atom. The summed E-state index contributed by atoms with van der Waals surface area (Å²) in [5, 5.41) is 2.15. The zero-order valence-electron chi connectivity index (χ0n) is 10.6. The van der Waals surface area contributed by atoms with Crippen LogP contribution in [-0.4, -0.2) is 9.55 Å². The molecule has 0 aliphatic carbocycles. The third-order valence-electron chi connectivity index (χ3n) is 3.26. The second-order valence-electron chi connectivity index (χ2n) is 4.41. The lowest BCUT2D eigenvalue weighted by atomic mass is 10.2. The van der Waals surface area contributed by atoms with E-state index in [-0.39, 0.29) is 0 Å². The Kier molecular flexibility index (Phi) is 3.49. The van der Waals surface area contributed by atoms with E-state index in [1.807, 2.05) is 0 Å². The Labute approximate surface area is 129 Å². The normalized spacial score (nSPS) is 11.3. The number of thiophene rings is 1. The van der Waals surface area contributed by atoms with Gasteiger partial charge in [0.2, 0.25) is 5.95 Å². The molecule has 0 saturated heterocycles. The van der Waals surface area contributed by atoms with Gasteiger partial charge in [-0.05, 0) is 64.2 Å². The lowest BCUT2D eigenvalue weighted by molar-refractivity contribution is 0.841. The maximum Gasteiger partial charge on any atom is 0.201 e. The number of imidazole rings is 1. The van der Waals surface area contributed by atoms with Crippen LogP contribution in [0.15, 0.2) is 29.6 Å². The van der Waals surface area contributed by atoms with Gasteiger partial charge in [-0.15, -0.1) is 11.3 Å². The minimum atomic E-state index is 0.590. The Balaban J connectivity index is 2.08. The van der Waals surface area contributed by atoms with E-state index in [1.54, 1.807) is 11.3 Å². The molecule has 0 amide bonds. The van der Waals surface area contributed by atoms with Gasteiger partial charge in [0, 0.05) is 8.45 Å². The number of hydrogen-bond acceptors (Lipinski definition) is 3. The number of fused-ring (bicyclic) bond motifs is 1. The van der Waals surface area contributed by atoms with Crippen molar-refractivity contribution in [2.45, 2.75) is 19.9 Å². The molecule has 0 fully saturated rings. The Bertz CT molecular complexity index is 729. The summed E-state index contributed by atoms with van der Waals surface area (Å²) in [4.78, 5) is 5.82. The molecule has 0 saturated carbocycles. The number of aromatic nitrogens is 2. The van der Waals surface area contributed by atoms with Crippen LogP contribution in [0.3, 0.4) is 0 Å². The number of nitrogens with two attached hydrogens (primary N) is 1. The van der Waals surface area contributed by atoms with E-state index in [4.69, 9.17) is 5.73 Å². The number of nitrogens with zero attached hydrogens (tertiary/aromatic N) is 2. The molecule has 0 unspecified atom stereocenters. The molecule has 0 aliphatic heterocycles. The van der Waals surface area contributed by atoms with Gasteiger partial charge in [-0.3, -0.25) is 0 Å². The Morgan fingerprint density at radius 2 is 2.21 bits per heavy atom. The molecule has 2 N–H and O–H groups in total. The van der Waals surface area contributed by atoms with Crippen LogP contribution in [0.2, 0.25) is 0 Å². The van der Waals surface area contributed by atoms with E-state index in [0.29, 0.717) is 5.95 Å². The lowest BCUT2D eigenvalue weighted by Gasteiger charge is -2.06. The standard InChI is InChI=1S/C14H14IN3S/c1-2-9-5-6-19-13(9)8-18-12-4-3-10(15)7-11(12)17-14(18)16/h3-7H,2,8H2,1H3,(H2,16,17). The molecule has 0 aliphatic rings. The predicted octanol–water partition coefficient (Wildman–Crippen LogP) is 3.90. The van der Waals surface area contributed by atoms with E-state index in [1.165, 1.54) is 14.0 Å². The maximum atomic E-state index is 6.07. The summed E-state index contributed by atoms with van der Waals surface area (Å²) in [7, 11) is 0. The van der Waals surface area contributed by atoms with Crippen molar-refractivity contribution in [2.75, 3.05) is 5.73 Å². The summed E-state index contributed by atoms with van der Waals surface area (Å²) in [6.07, 6.45) is 1.06. The highest BCUT2D eigenvalue weighted by atomic mass is 127. The highest BCUT2D eigenvalue weighted by molar-refractivity contribution is 14.1. The number of aryl methyl sites for hydroxylation is 1. The zero-order valence-corrected chi connectivity index (χ0v) is 13.5. The molecule has 3 nitrogen and oxygen atoms in total. The monoisotopic (exact) mass is 383 g/mol. The van der Waals surface area contributed by atoms with Crippen molar-refractivity contribution >= 4 is 50.9 Å². The highest BCUT2D eigenvalue weighted by Crippen LogP contribution is 2.25. The van der Waals surface area contributed by atoms with Crippen molar-refractivity contribution in [3.05, 3.63) is 43.7 Å². The molecule has 3 aromatic rings. The first kappa shape index (κ1) is 12.9. The number of nitrogen functional groups attached to an aromatic ring is 1. The van der Waals surface area contributed by atoms with E-state index in [2.05, 4.69) is 68.7 Å². The zero-order chi connectivity index (χ0) is 13.4. The number of halogens is 1. The van der Waals surface area contributed by atoms with Crippen LogP contribution in [0.1, 0.15) is 17.4 Å². The largest absolute Gasteiger partial charge is 0.369 e. The second kappa shape index (κ2) is 5.13. The third-order valence-corrected chi connectivity index (χ3v) is 4.88. The first-order chi connectivity index (χ1) is 9.19. The van der Waals surface area contributed by atoms with E-state index in [0.717, 1.165) is 24.0 Å². The molecular weight excluding hydrogens is 369 g/mol. The van der Waals surface area contributed by atoms with Crippen molar-refractivity contribution in [1.82, 2.24) is 9.55 Å². The van der Waals surface area contributed by atoms with Crippen LogP contribution >= 0.6 is 33.9 Å². The van der Waals surface area contributed by atoms with Gasteiger partial charge in [0.25, 0.3) is 0 Å². The van der Waals surface area contributed by atoms with Crippen molar-refractivity contribution < 1.29 is 0 Å². The summed E-state index contributed by atoms with van der Waals surface area (Å²) < 4.78 is 3.27. The van der Waals surface area contributed by atoms with Crippen LogP contribution in [0.25, 0.3) is 11.0 Å². The SMILES string of the molecule is CCc1ccsc1Cn1c(N)nc2cc(I)ccc21. The van der Waals surface area contributed by atoms with Crippen molar-refractivity contribution in [3.63, 3.8) is 0 Å². The van der Waals surface area contributed by atoms with Gasteiger partial charge in [-0.1, -0.05) is 6.92 Å². The molecule has 98 valence electrons. The van der Waals surface area contributed by atoms with Crippen LogP contribution in [-0.2, 0) is 13.0 Å². The molecule has 0 atom stereocenters. The minimum absolute atomic E-state index is 0.590. The Morgan fingerprint density at radius 1 is 1.37 bits per heavy atom. The molecule has 0 radical (unpaired) electrons. The number of benzene rings is 1. The molecule has 5 heteroatoms. The minimum Gasteiger partial charge on any atom is -0.369 e. The molecule has 19 heavy (non-hydrogen) atoms. The average molecular weight is 383 g/mol. The van der Waals surface area contributed by atoms with Gasteiger partial charge in [0.1, 0.15) is 0 Å². The topological polar surface area (TPSA) is 43.8 Å². The van der Waals surface area contributed by atoms with Crippen molar-refractivity contribution in [3.8, 4) is 0 Å². The molecule has 2 aromatic heterocycles. The van der Waals surface area contributed by atoms with Crippen LogP contribution < -0.4 is 5.73 Å². The van der Waals surface area contributed by atoms with Gasteiger partial charge in [-0.25, -0.2) is 4.98 Å². The first-order valence-electron chi connectivity index (χ1n) is 6.15. The van der Waals surface area contributed by atoms with Crippen molar-refractivity contribution in [1.29, 1.82) is 0 Å². The van der Waals surface area contributed by atoms with Gasteiger partial charge in [0.05, 0.1) is 17.6 Å². The van der Waals surface area contributed by atoms with Gasteiger partial charge in [-0.2, -0.15) is 0 Å². The summed E-state index contributed by atoms with van der Waals surface area (Å²) >= 11 is 4.08. The summed E-state index contributed by atoms with van der Waals surface area (Å²) in [6.45, 7) is 2.99. The molecule has 3 rings (SSSR count). The second-order valence-corrected chi connectivity index (χ2v) is 6.66. The average Bonchev–Trinajstić information content (AvgIpc) is 2.95. The van der Waals surface area contributed by atoms with E-state index in [9.17, 15) is 0 Å². The van der Waals surface area contributed by atoms with E-state index < -0.39 is 0 Å². The molecular formula is C14H14IN3S. The molecule has 0 spiro atoms. The highest BCUT2D eigenvalue weighted by Gasteiger charge is 2.11. The van der Waals surface area contributed by atoms with Gasteiger partial charge in [0.15, 0.2) is 0 Å². The fourth-order valence-corrected chi connectivity index (χ4v) is 3.69. The Hall–Kier alpha value is -1.08. The molecule has 1 aromatic carbocycles. The number of rotatable bonds is 3. The fourth-order valence-electron chi connectivity index (χ4n) is 2.25. The maximum absolute atomic E-state index is 6.07. The lowest BCUT2D eigenvalue weighted by Crippen LogP contribution is -2.04. The third kappa shape index (κ3) is 2.36.